The van der Waals surface area contributed by atoms with Crippen molar-refractivity contribution in [2.75, 3.05) is 0 Å². The third-order valence-corrected chi connectivity index (χ3v) is 6.25. The quantitative estimate of drug-likeness (QED) is 0.258. The molecule has 3 aromatic carbocycles. The van der Waals surface area contributed by atoms with Gasteiger partial charge in [-0.15, -0.1) is 0 Å². The van der Waals surface area contributed by atoms with E-state index in [0.717, 1.165) is 28.1 Å². The fourth-order valence-electron chi connectivity index (χ4n) is 4.62. The Hall–Kier alpha value is -3.98. The van der Waals surface area contributed by atoms with Crippen molar-refractivity contribution in [1.82, 2.24) is 9.97 Å². The van der Waals surface area contributed by atoms with Crippen LogP contribution in [0.5, 0.6) is 5.75 Å². The average Bonchev–Trinajstić information content (AvgIpc) is 2.89. The van der Waals surface area contributed by atoms with Gasteiger partial charge in [0.1, 0.15) is 12.4 Å². The molecule has 1 unspecified atom stereocenters. The first-order chi connectivity index (χ1) is 16.7. The zero-order chi connectivity index (χ0) is 23.3. The van der Waals surface area contributed by atoms with Gasteiger partial charge in [0.05, 0.1) is 5.69 Å². The van der Waals surface area contributed by atoms with Crippen LogP contribution in [0.1, 0.15) is 36.6 Å². The number of nitrogens with zero attached hydrogens (tertiary/aromatic N) is 2. The molecule has 0 N–H and O–H groups in total. The molecule has 34 heavy (non-hydrogen) atoms. The van der Waals surface area contributed by atoms with E-state index >= 15 is 0 Å². The summed E-state index contributed by atoms with van der Waals surface area (Å²) in [7, 11) is 0. The number of hydrogen-bond donors (Lipinski definition) is 0. The smallest absolute Gasteiger partial charge is 0.120 e. The number of pyridine rings is 2. The van der Waals surface area contributed by atoms with Gasteiger partial charge in [-0.1, -0.05) is 80.6 Å². The fraction of sp³-hybridized carbons (Fsp3) is 0.161. The number of aromatic nitrogens is 2. The lowest BCUT2D eigenvalue weighted by Gasteiger charge is -2.25. The minimum Gasteiger partial charge on any atom is -0.489 e. The number of fused-ring (bicyclic) bond motifs is 1. The van der Waals surface area contributed by atoms with Gasteiger partial charge in [-0.2, -0.15) is 0 Å². The maximum atomic E-state index is 6.19. The van der Waals surface area contributed by atoms with E-state index in [0.29, 0.717) is 12.5 Å². The van der Waals surface area contributed by atoms with Gasteiger partial charge in [-0.05, 0) is 52.3 Å². The summed E-state index contributed by atoms with van der Waals surface area (Å²) >= 11 is 0. The molecule has 0 aliphatic carbocycles. The highest BCUT2D eigenvalue weighted by atomic mass is 16.5. The van der Waals surface area contributed by atoms with Crippen molar-refractivity contribution in [3.05, 3.63) is 126 Å². The van der Waals surface area contributed by atoms with E-state index in [4.69, 9.17) is 9.72 Å². The monoisotopic (exact) mass is 444 g/mol. The molecule has 3 nitrogen and oxygen atoms in total. The van der Waals surface area contributed by atoms with Crippen LogP contribution in [0.3, 0.4) is 0 Å². The zero-order valence-electron chi connectivity index (χ0n) is 19.6. The minimum absolute atomic E-state index is 0.129. The normalized spacial score (nSPS) is 12.1. The molecule has 1 atom stereocenters. The summed E-state index contributed by atoms with van der Waals surface area (Å²) in [5, 5.41) is 2.41. The Labute approximate surface area is 201 Å². The maximum Gasteiger partial charge on any atom is 0.120 e. The molecule has 2 heterocycles. The molecular weight excluding hydrogens is 416 g/mol. The lowest BCUT2D eigenvalue weighted by Crippen LogP contribution is -2.12. The molecule has 5 rings (SSSR count). The zero-order valence-corrected chi connectivity index (χ0v) is 19.6. The van der Waals surface area contributed by atoms with Crippen molar-refractivity contribution in [1.29, 1.82) is 0 Å². The molecule has 0 saturated carbocycles. The lowest BCUT2D eigenvalue weighted by atomic mass is 9.80. The van der Waals surface area contributed by atoms with Gasteiger partial charge in [0.15, 0.2) is 0 Å². The van der Waals surface area contributed by atoms with Crippen LogP contribution in [0.4, 0.5) is 0 Å². The van der Waals surface area contributed by atoms with Gasteiger partial charge in [-0.25, -0.2) is 0 Å². The minimum atomic E-state index is 0.129. The molecule has 0 spiro atoms. The van der Waals surface area contributed by atoms with E-state index in [9.17, 15) is 0 Å². The predicted octanol–water partition coefficient (Wildman–Crippen LogP) is 7.66. The number of ether oxygens (including phenoxy) is 1. The Morgan fingerprint density at radius 3 is 2.41 bits per heavy atom. The summed E-state index contributed by atoms with van der Waals surface area (Å²) in [6, 6.07) is 31.4. The highest BCUT2D eigenvalue weighted by Crippen LogP contribution is 2.41. The summed E-state index contributed by atoms with van der Waals surface area (Å²) in [6.07, 6.45) is 5.66. The summed E-state index contributed by atoms with van der Waals surface area (Å²) in [4.78, 5) is 9.29. The second-order valence-electron chi connectivity index (χ2n) is 8.90. The highest BCUT2D eigenvalue weighted by molar-refractivity contribution is 5.85. The van der Waals surface area contributed by atoms with Crippen molar-refractivity contribution in [2.24, 2.45) is 5.92 Å². The molecule has 3 heteroatoms. The second kappa shape index (κ2) is 9.88. The largest absolute Gasteiger partial charge is 0.489 e. The summed E-state index contributed by atoms with van der Waals surface area (Å²) in [5.74, 6) is 1.33. The van der Waals surface area contributed by atoms with Crippen molar-refractivity contribution in [3.8, 4) is 16.9 Å². The number of hydrogen-bond acceptors (Lipinski definition) is 3. The van der Waals surface area contributed by atoms with Gasteiger partial charge in [-0.3, -0.25) is 9.97 Å². The van der Waals surface area contributed by atoms with Crippen LogP contribution in [0.2, 0.25) is 0 Å². The Bertz CT molecular complexity index is 1380. The molecule has 0 fully saturated rings. The molecule has 0 aliphatic heterocycles. The van der Waals surface area contributed by atoms with Crippen LogP contribution in [0.25, 0.3) is 21.9 Å². The molecule has 168 valence electrons. The number of benzene rings is 3. The molecule has 0 radical (unpaired) electrons. The first kappa shape index (κ1) is 21.8. The van der Waals surface area contributed by atoms with Gasteiger partial charge >= 0.3 is 0 Å². The third-order valence-electron chi connectivity index (χ3n) is 6.25. The van der Waals surface area contributed by atoms with Crippen molar-refractivity contribution >= 4 is 10.8 Å². The molecule has 0 aliphatic rings. The van der Waals surface area contributed by atoms with Crippen molar-refractivity contribution in [2.45, 2.75) is 26.4 Å². The van der Waals surface area contributed by atoms with E-state index < -0.39 is 0 Å². The van der Waals surface area contributed by atoms with Crippen molar-refractivity contribution < 1.29 is 4.74 Å². The standard InChI is InChI=1S/C31H28N2O/c1-22(2)30(31-27-13-7-6-11-24(27)16-18-33-31)28-15-14-26(34-21-23-9-4-3-5-10-23)19-29(28)25-12-8-17-32-20-25/h3-20,22,30H,21H2,1-2H3. The topological polar surface area (TPSA) is 35.0 Å². The second-order valence-corrected chi connectivity index (χ2v) is 8.90. The van der Waals surface area contributed by atoms with Crippen molar-refractivity contribution in [3.63, 3.8) is 0 Å². The summed E-state index contributed by atoms with van der Waals surface area (Å²) in [6.45, 7) is 5.06. The van der Waals surface area contributed by atoms with E-state index in [1.54, 1.807) is 0 Å². The fourth-order valence-corrected chi connectivity index (χ4v) is 4.62. The Morgan fingerprint density at radius 1 is 0.794 bits per heavy atom. The van der Waals surface area contributed by atoms with Crippen LogP contribution in [0, 0.1) is 5.92 Å². The molecular formula is C31H28N2O. The van der Waals surface area contributed by atoms with Gasteiger partial charge in [0.25, 0.3) is 0 Å². The van der Waals surface area contributed by atoms with Crippen LogP contribution in [0.15, 0.2) is 110 Å². The maximum absolute atomic E-state index is 6.19. The van der Waals surface area contributed by atoms with Gasteiger partial charge in [0.2, 0.25) is 0 Å². The lowest BCUT2D eigenvalue weighted by molar-refractivity contribution is 0.306. The van der Waals surface area contributed by atoms with E-state index in [2.05, 4.69) is 85.6 Å². The number of rotatable bonds is 7. The average molecular weight is 445 g/mol. The van der Waals surface area contributed by atoms with E-state index in [-0.39, 0.29) is 5.92 Å². The molecule has 0 bridgehead atoms. The molecule has 5 aromatic rings. The summed E-state index contributed by atoms with van der Waals surface area (Å²) < 4.78 is 6.19. The Kier molecular flexibility index (Phi) is 6.35. The van der Waals surface area contributed by atoms with Crippen LogP contribution in [-0.2, 0) is 6.61 Å². The molecule has 2 aromatic heterocycles. The first-order valence-corrected chi connectivity index (χ1v) is 11.8. The van der Waals surface area contributed by atoms with Crippen LogP contribution in [-0.4, -0.2) is 9.97 Å². The summed E-state index contributed by atoms with van der Waals surface area (Å²) in [5.41, 5.74) is 5.70. The Morgan fingerprint density at radius 2 is 1.62 bits per heavy atom. The van der Waals surface area contributed by atoms with Crippen LogP contribution < -0.4 is 4.74 Å². The molecule has 0 saturated heterocycles. The Balaban J connectivity index is 1.61. The van der Waals surface area contributed by atoms with Gasteiger partial charge < -0.3 is 4.74 Å². The SMILES string of the molecule is CC(C)C(c1ccc(OCc2ccccc2)cc1-c1cccnc1)c1nccc2ccccc12. The van der Waals surface area contributed by atoms with Crippen LogP contribution >= 0.6 is 0 Å². The first-order valence-electron chi connectivity index (χ1n) is 11.8. The van der Waals surface area contributed by atoms with Gasteiger partial charge in [0, 0.05) is 35.5 Å². The third kappa shape index (κ3) is 4.55. The molecule has 0 amide bonds. The van der Waals surface area contributed by atoms with E-state index in [1.807, 2.05) is 42.9 Å². The van der Waals surface area contributed by atoms with E-state index in [1.165, 1.54) is 16.3 Å². The predicted molar refractivity (Wildman–Crippen MR) is 139 cm³/mol. The highest BCUT2D eigenvalue weighted by Gasteiger charge is 2.25.